The molecular weight excluding hydrogens is 294 g/mol. The molecular formula is C14H18BrNO2. The van der Waals surface area contributed by atoms with Crippen LogP contribution in [0.4, 0.5) is 0 Å². The molecule has 3 nitrogen and oxygen atoms in total. The Labute approximate surface area is 116 Å². The Kier molecular flexibility index (Phi) is 3.34. The van der Waals surface area contributed by atoms with Crippen molar-refractivity contribution < 1.29 is 9.47 Å². The highest BCUT2D eigenvalue weighted by atomic mass is 79.9. The van der Waals surface area contributed by atoms with E-state index in [1.165, 1.54) is 0 Å². The second-order valence-corrected chi connectivity index (χ2v) is 6.16. The molecule has 2 N–H and O–H groups in total. The third-order valence-electron chi connectivity index (χ3n) is 3.92. The summed E-state index contributed by atoms with van der Waals surface area (Å²) < 4.78 is 12.9. The highest BCUT2D eigenvalue weighted by Crippen LogP contribution is 2.43. The van der Waals surface area contributed by atoms with E-state index in [4.69, 9.17) is 15.2 Å². The second kappa shape index (κ2) is 4.83. The standard InChI is InChI=1S/C14H18BrNO2/c15-10-2-3-11-12(16)9-14(18-13(11)8-10)4-1-6-17-7-5-14/h2-3,8,12H,1,4-7,9,16H2/t12-,14?/m0/s1. The number of hydrogen-bond donors (Lipinski definition) is 1. The summed E-state index contributed by atoms with van der Waals surface area (Å²) in [6, 6.07) is 6.18. The Morgan fingerprint density at radius 1 is 1.28 bits per heavy atom. The molecule has 1 spiro atoms. The Hall–Kier alpha value is -0.580. The maximum atomic E-state index is 6.32. The van der Waals surface area contributed by atoms with Gasteiger partial charge in [0.15, 0.2) is 0 Å². The number of rotatable bonds is 0. The van der Waals surface area contributed by atoms with Crippen molar-refractivity contribution in [1.82, 2.24) is 0 Å². The van der Waals surface area contributed by atoms with E-state index in [0.717, 1.165) is 54.7 Å². The number of halogens is 1. The summed E-state index contributed by atoms with van der Waals surface area (Å²) in [5.41, 5.74) is 7.31. The average Bonchev–Trinajstić information content (AvgIpc) is 2.54. The van der Waals surface area contributed by atoms with Gasteiger partial charge >= 0.3 is 0 Å². The van der Waals surface area contributed by atoms with E-state index >= 15 is 0 Å². The zero-order valence-corrected chi connectivity index (χ0v) is 11.9. The molecule has 1 saturated heterocycles. The van der Waals surface area contributed by atoms with Crippen molar-refractivity contribution in [3.05, 3.63) is 28.2 Å². The fourth-order valence-corrected chi connectivity index (χ4v) is 3.32. The lowest BCUT2D eigenvalue weighted by Crippen LogP contribution is -2.43. The van der Waals surface area contributed by atoms with Gasteiger partial charge < -0.3 is 15.2 Å². The van der Waals surface area contributed by atoms with Crippen LogP contribution in [0.25, 0.3) is 0 Å². The maximum Gasteiger partial charge on any atom is 0.126 e. The predicted octanol–water partition coefficient (Wildman–Crippen LogP) is 3.17. The highest BCUT2D eigenvalue weighted by molar-refractivity contribution is 9.10. The minimum absolute atomic E-state index is 0.0694. The van der Waals surface area contributed by atoms with E-state index < -0.39 is 0 Å². The lowest BCUT2D eigenvalue weighted by atomic mass is 9.83. The van der Waals surface area contributed by atoms with Gasteiger partial charge in [0, 0.05) is 35.5 Å². The number of nitrogens with two attached hydrogens (primary N) is 1. The van der Waals surface area contributed by atoms with Gasteiger partial charge in [-0.3, -0.25) is 0 Å². The summed E-state index contributed by atoms with van der Waals surface area (Å²) in [6.45, 7) is 1.61. The molecule has 4 heteroatoms. The Bertz CT molecular complexity index is 441. The fraction of sp³-hybridized carbons (Fsp3) is 0.571. The van der Waals surface area contributed by atoms with Crippen LogP contribution in [0.2, 0.25) is 0 Å². The first-order valence-corrected chi connectivity index (χ1v) is 7.30. The molecule has 1 aromatic rings. The van der Waals surface area contributed by atoms with Gasteiger partial charge in [0.1, 0.15) is 11.4 Å². The van der Waals surface area contributed by atoms with Crippen LogP contribution in [0.1, 0.15) is 37.3 Å². The lowest BCUT2D eigenvalue weighted by molar-refractivity contribution is 0.0155. The summed E-state index contributed by atoms with van der Waals surface area (Å²) in [7, 11) is 0. The predicted molar refractivity (Wildman–Crippen MR) is 73.7 cm³/mol. The summed E-state index contributed by atoms with van der Waals surface area (Å²) in [5.74, 6) is 0.935. The molecule has 1 fully saturated rings. The molecule has 3 rings (SSSR count). The first-order chi connectivity index (χ1) is 8.69. The molecule has 98 valence electrons. The van der Waals surface area contributed by atoms with Gasteiger partial charge in [-0.05, 0) is 25.0 Å². The fourth-order valence-electron chi connectivity index (χ4n) is 2.98. The van der Waals surface area contributed by atoms with E-state index in [-0.39, 0.29) is 11.6 Å². The van der Waals surface area contributed by atoms with E-state index in [0.29, 0.717) is 0 Å². The average molecular weight is 312 g/mol. The number of fused-ring (bicyclic) bond motifs is 1. The van der Waals surface area contributed by atoms with Crippen LogP contribution in [0.5, 0.6) is 5.75 Å². The normalized spacial score (nSPS) is 31.6. The highest BCUT2D eigenvalue weighted by Gasteiger charge is 2.40. The van der Waals surface area contributed by atoms with Gasteiger partial charge in [-0.2, -0.15) is 0 Å². The van der Waals surface area contributed by atoms with Crippen molar-refractivity contribution in [3.63, 3.8) is 0 Å². The smallest absolute Gasteiger partial charge is 0.126 e. The Balaban J connectivity index is 1.93. The van der Waals surface area contributed by atoms with Gasteiger partial charge in [-0.15, -0.1) is 0 Å². The van der Waals surface area contributed by atoms with E-state index in [9.17, 15) is 0 Å². The molecule has 2 atom stereocenters. The van der Waals surface area contributed by atoms with Crippen molar-refractivity contribution in [1.29, 1.82) is 0 Å². The van der Waals surface area contributed by atoms with Crippen molar-refractivity contribution in [2.75, 3.05) is 13.2 Å². The summed E-state index contributed by atoms with van der Waals surface area (Å²) >= 11 is 3.49. The largest absolute Gasteiger partial charge is 0.487 e. The van der Waals surface area contributed by atoms with Crippen LogP contribution in [-0.2, 0) is 4.74 Å². The third-order valence-corrected chi connectivity index (χ3v) is 4.41. The SMILES string of the molecule is N[C@H]1CC2(CCCOCC2)Oc2cc(Br)ccc21. The van der Waals surface area contributed by atoms with Crippen molar-refractivity contribution in [2.24, 2.45) is 5.73 Å². The van der Waals surface area contributed by atoms with Gasteiger partial charge in [0.05, 0.1) is 6.61 Å². The van der Waals surface area contributed by atoms with Crippen molar-refractivity contribution in [3.8, 4) is 5.75 Å². The van der Waals surface area contributed by atoms with Gasteiger partial charge in [-0.1, -0.05) is 22.0 Å². The molecule has 0 radical (unpaired) electrons. The van der Waals surface area contributed by atoms with Gasteiger partial charge in [-0.25, -0.2) is 0 Å². The van der Waals surface area contributed by atoms with Gasteiger partial charge in [0.25, 0.3) is 0 Å². The topological polar surface area (TPSA) is 44.5 Å². The molecule has 0 aliphatic carbocycles. The molecule has 0 amide bonds. The van der Waals surface area contributed by atoms with Crippen LogP contribution < -0.4 is 10.5 Å². The van der Waals surface area contributed by atoms with E-state index in [1.54, 1.807) is 0 Å². The minimum Gasteiger partial charge on any atom is -0.487 e. The van der Waals surface area contributed by atoms with Crippen LogP contribution in [0, 0.1) is 0 Å². The molecule has 1 aromatic carbocycles. The van der Waals surface area contributed by atoms with Crippen molar-refractivity contribution in [2.45, 2.75) is 37.3 Å². The van der Waals surface area contributed by atoms with Crippen LogP contribution in [0.3, 0.4) is 0 Å². The van der Waals surface area contributed by atoms with Crippen molar-refractivity contribution >= 4 is 15.9 Å². The minimum atomic E-state index is -0.121. The second-order valence-electron chi connectivity index (χ2n) is 5.24. The monoisotopic (exact) mass is 311 g/mol. The maximum absolute atomic E-state index is 6.32. The molecule has 0 bridgehead atoms. The zero-order chi connectivity index (χ0) is 12.6. The Morgan fingerprint density at radius 2 is 2.17 bits per heavy atom. The first-order valence-electron chi connectivity index (χ1n) is 6.50. The quantitative estimate of drug-likeness (QED) is 0.800. The Morgan fingerprint density at radius 3 is 3.06 bits per heavy atom. The lowest BCUT2D eigenvalue weighted by Gasteiger charge is -2.40. The van der Waals surface area contributed by atoms with Gasteiger partial charge in [0.2, 0.25) is 0 Å². The van der Waals surface area contributed by atoms with Crippen LogP contribution in [-0.4, -0.2) is 18.8 Å². The molecule has 2 aliphatic rings. The zero-order valence-electron chi connectivity index (χ0n) is 10.3. The molecule has 2 aliphatic heterocycles. The number of hydrogen-bond acceptors (Lipinski definition) is 3. The van der Waals surface area contributed by atoms with E-state index in [1.807, 2.05) is 12.1 Å². The summed E-state index contributed by atoms with van der Waals surface area (Å²) in [6.07, 6.45) is 3.92. The summed E-state index contributed by atoms with van der Waals surface area (Å²) in [4.78, 5) is 0. The summed E-state index contributed by atoms with van der Waals surface area (Å²) in [5, 5.41) is 0. The molecule has 0 aromatic heterocycles. The molecule has 18 heavy (non-hydrogen) atoms. The number of benzene rings is 1. The van der Waals surface area contributed by atoms with Crippen LogP contribution in [0.15, 0.2) is 22.7 Å². The van der Waals surface area contributed by atoms with E-state index in [2.05, 4.69) is 22.0 Å². The molecule has 1 unspecified atom stereocenters. The van der Waals surface area contributed by atoms with Crippen LogP contribution >= 0.6 is 15.9 Å². The molecule has 2 heterocycles. The number of ether oxygens (including phenoxy) is 2. The molecule has 0 saturated carbocycles. The first kappa shape index (κ1) is 12.5. The third kappa shape index (κ3) is 2.29.